The third-order valence-electron chi connectivity index (χ3n) is 1.70. The maximum absolute atomic E-state index is 12.0. The van der Waals surface area contributed by atoms with Crippen molar-refractivity contribution in [3.63, 3.8) is 0 Å². The van der Waals surface area contributed by atoms with Crippen molar-refractivity contribution in [2.24, 2.45) is 5.92 Å². The molecular formula is C5H5F4O. The molecule has 0 aliphatic heterocycles. The SMILES string of the molecule is [O]CC1CC(F)(F)C1(F)F. The molecule has 0 saturated heterocycles. The van der Waals surface area contributed by atoms with Crippen LogP contribution in [0, 0.1) is 5.92 Å². The lowest BCUT2D eigenvalue weighted by molar-refractivity contribution is -0.321. The molecule has 10 heavy (non-hydrogen) atoms. The lowest BCUT2D eigenvalue weighted by Gasteiger charge is -2.42. The van der Waals surface area contributed by atoms with Crippen molar-refractivity contribution in [1.29, 1.82) is 0 Å². The molecule has 59 valence electrons. The van der Waals surface area contributed by atoms with E-state index >= 15 is 0 Å². The van der Waals surface area contributed by atoms with Crippen LogP contribution in [0.4, 0.5) is 17.6 Å². The van der Waals surface area contributed by atoms with E-state index in [1.807, 2.05) is 0 Å². The Morgan fingerprint density at radius 1 is 1.30 bits per heavy atom. The summed E-state index contributed by atoms with van der Waals surface area (Å²) >= 11 is 0. The first kappa shape index (κ1) is 7.78. The van der Waals surface area contributed by atoms with Crippen LogP contribution in [-0.4, -0.2) is 18.5 Å². The second kappa shape index (κ2) is 1.84. The average molecular weight is 157 g/mol. The normalized spacial score (nSPS) is 35.1. The van der Waals surface area contributed by atoms with E-state index in [1.165, 1.54) is 0 Å². The number of hydrogen-bond donors (Lipinski definition) is 0. The van der Waals surface area contributed by atoms with Gasteiger partial charge in [-0.2, -0.15) is 17.6 Å². The zero-order chi connectivity index (χ0) is 7.99. The van der Waals surface area contributed by atoms with E-state index in [-0.39, 0.29) is 0 Å². The molecule has 1 saturated carbocycles. The van der Waals surface area contributed by atoms with Gasteiger partial charge in [-0.05, 0) is 0 Å². The summed E-state index contributed by atoms with van der Waals surface area (Å²) in [6, 6.07) is 0. The predicted octanol–water partition coefficient (Wildman–Crippen LogP) is 1.71. The van der Waals surface area contributed by atoms with E-state index in [4.69, 9.17) is 0 Å². The average Bonchev–Trinajstić information content (AvgIpc) is 1.83. The topological polar surface area (TPSA) is 19.9 Å². The van der Waals surface area contributed by atoms with Crippen molar-refractivity contribution >= 4 is 0 Å². The Bertz CT molecular complexity index is 145. The molecule has 1 rings (SSSR count). The summed E-state index contributed by atoms with van der Waals surface area (Å²) in [6.45, 7) is -1.12. The van der Waals surface area contributed by atoms with E-state index in [9.17, 15) is 22.7 Å². The molecule has 0 spiro atoms. The molecule has 0 N–H and O–H groups in total. The highest BCUT2D eigenvalue weighted by molar-refractivity contribution is 5.02. The third-order valence-corrected chi connectivity index (χ3v) is 1.70. The lowest BCUT2D eigenvalue weighted by atomic mass is 9.77. The first-order valence-electron chi connectivity index (χ1n) is 2.75. The molecular weight excluding hydrogens is 152 g/mol. The summed E-state index contributed by atoms with van der Waals surface area (Å²) in [5.74, 6) is -9.67. The Kier molecular flexibility index (Phi) is 1.43. The van der Waals surface area contributed by atoms with Gasteiger partial charge in [-0.25, -0.2) is 5.11 Å². The van der Waals surface area contributed by atoms with Crippen LogP contribution in [0.25, 0.3) is 0 Å². The highest BCUT2D eigenvalue weighted by Gasteiger charge is 2.71. The quantitative estimate of drug-likeness (QED) is 0.516. The van der Waals surface area contributed by atoms with Crippen LogP contribution in [-0.2, 0) is 5.11 Å². The van der Waals surface area contributed by atoms with Crippen LogP contribution in [0.2, 0.25) is 0 Å². The monoisotopic (exact) mass is 157 g/mol. The van der Waals surface area contributed by atoms with Gasteiger partial charge >= 0.3 is 11.8 Å². The van der Waals surface area contributed by atoms with Crippen LogP contribution < -0.4 is 0 Å². The minimum Gasteiger partial charge on any atom is -0.236 e. The van der Waals surface area contributed by atoms with E-state index < -0.39 is 30.8 Å². The number of alkyl halides is 4. The van der Waals surface area contributed by atoms with Crippen molar-refractivity contribution in [3.8, 4) is 0 Å². The Balaban J connectivity index is 2.65. The Labute approximate surface area is 54.6 Å². The van der Waals surface area contributed by atoms with E-state index in [1.54, 1.807) is 0 Å². The van der Waals surface area contributed by atoms with Crippen LogP contribution in [0.1, 0.15) is 6.42 Å². The largest absolute Gasteiger partial charge is 0.315 e. The molecule has 1 unspecified atom stereocenters. The fourth-order valence-corrected chi connectivity index (χ4v) is 0.905. The molecule has 1 fully saturated rings. The molecule has 0 amide bonds. The predicted molar refractivity (Wildman–Crippen MR) is 23.6 cm³/mol. The second-order valence-electron chi connectivity index (χ2n) is 2.40. The molecule has 0 heterocycles. The van der Waals surface area contributed by atoms with Gasteiger partial charge < -0.3 is 0 Å². The van der Waals surface area contributed by atoms with Gasteiger partial charge in [0.2, 0.25) is 0 Å². The molecule has 0 aromatic rings. The van der Waals surface area contributed by atoms with Gasteiger partial charge in [-0.1, -0.05) is 0 Å². The van der Waals surface area contributed by atoms with E-state index in [2.05, 4.69) is 0 Å². The van der Waals surface area contributed by atoms with Gasteiger partial charge in [0.05, 0.1) is 12.5 Å². The third kappa shape index (κ3) is 0.729. The molecule has 1 nitrogen and oxygen atoms in total. The van der Waals surface area contributed by atoms with Crippen LogP contribution in [0.15, 0.2) is 0 Å². The van der Waals surface area contributed by atoms with Crippen LogP contribution >= 0.6 is 0 Å². The van der Waals surface area contributed by atoms with Gasteiger partial charge in [0.15, 0.2) is 0 Å². The van der Waals surface area contributed by atoms with Crippen LogP contribution in [0.3, 0.4) is 0 Å². The molecule has 5 heteroatoms. The Hall–Kier alpha value is -0.320. The summed E-state index contributed by atoms with van der Waals surface area (Å²) in [6.07, 6.45) is -0.969. The van der Waals surface area contributed by atoms with E-state index in [0.717, 1.165) is 0 Å². The van der Waals surface area contributed by atoms with Crippen molar-refractivity contribution in [2.45, 2.75) is 18.3 Å². The molecule has 0 aromatic carbocycles. The minimum atomic E-state index is -4.06. The molecule has 1 radical (unpaired) electrons. The zero-order valence-electron chi connectivity index (χ0n) is 4.91. The number of rotatable bonds is 1. The lowest BCUT2D eigenvalue weighted by Crippen LogP contribution is -2.59. The molecule has 1 atom stereocenters. The maximum atomic E-state index is 12.0. The summed E-state index contributed by atoms with van der Waals surface area (Å²) in [5.41, 5.74) is 0. The summed E-state index contributed by atoms with van der Waals surface area (Å²) < 4.78 is 47.8. The Morgan fingerprint density at radius 3 is 1.90 bits per heavy atom. The summed E-state index contributed by atoms with van der Waals surface area (Å²) in [4.78, 5) is 0. The van der Waals surface area contributed by atoms with Gasteiger partial charge in [0.1, 0.15) is 0 Å². The zero-order valence-corrected chi connectivity index (χ0v) is 4.91. The van der Waals surface area contributed by atoms with Crippen molar-refractivity contribution < 1.29 is 22.7 Å². The molecule has 0 bridgehead atoms. The fourth-order valence-electron chi connectivity index (χ4n) is 0.905. The highest BCUT2D eigenvalue weighted by Crippen LogP contribution is 2.54. The van der Waals surface area contributed by atoms with Crippen LogP contribution in [0.5, 0.6) is 0 Å². The van der Waals surface area contributed by atoms with Crippen molar-refractivity contribution in [1.82, 2.24) is 0 Å². The van der Waals surface area contributed by atoms with Gasteiger partial charge in [-0.3, -0.25) is 0 Å². The standard InChI is InChI=1S/C5H5F4O/c6-4(7)1-3(2-10)5(4,8)9/h3H,1-2H2. The van der Waals surface area contributed by atoms with E-state index in [0.29, 0.717) is 0 Å². The smallest absolute Gasteiger partial charge is 0.236 e. The highest BCUT2D eigenvalue weighted by atomic mass is 19.3. The first-order chi connectivity index (χ1) is 4.42. The first-order valence-corrected chi connectivity index (χ1v) is 2.75. The maximum Gasteiger partial charge on any atom is 0.315 e. The molecule has 1 aliphatic carbocycles. The van der Waals surface area contributed by atoms with Gasteiger partial charge in [0.25, 0.3) is 0 Å². The van der Waals surface area contributed by atoms with Gasteiger partial charge in [0, 0.05) is 6.42 Å². The molecule has 0 aromatic heterocycles. The minimum absolute atomic E-state index is 0.969. The van der Waals surface area contributed by atoms with Crippen molar-refractivity contribution in [3.05, 3.63) is 0 Å². The number of hydrogen-bond acceptors (Lipinski definition) is 0. The fraction of sp³-hybridized carbons (Fsp3) is 1.00. The summed E-state index contributed by atoms with van der Waals surface area (Å²) in [7, 11) is 0. The van der Waals surface area contributed by atoms with Gasteiger partial charge in [-0.15, -0.1) is 0 Å². The molecule has 1 aliphatic rings. The van der Waals surface area contributed by atoms with Crippen molar-refractivity contribution in [2.75, 3.05) is 6.61 Å². The Morgan fingerprint density at radius 2 is 1.80 bits per heavy atom. The summed E-state index contributed by atoms with van der Waals surface area (Å²) in [5, 5.41) is 9.80. The number of halogens is 4. The second-order valence-corrected chi connectivity index (χ2v) is 2.40.